The number of hydrogen-bond acceptors (Lipinski definition) is 4. The number of rotatable bonds is 5. The number of carbonyl (C=O) groups is 1. The van der Waals surface area contributed by atoms with E-state index >= 15 is 0 Å². The van der Waals surface area contributed by atoms with Crippen LogP contribution in [0.25, 0.3) is 0 Å². The summed E-state index contributed by atoms with van der Waals surface area (Å²) in [6, 6.07) is 2.19. The minimum absolute atomic E-state index is 0.0807. The van der Waals surface area contributed by atoms with Gasteiger partial charge < -0.3 is 9.88 Å². The molecular formula is C16H24N6O. The van der Waals surface area contributed by atoms with Crippen LogP contribution in [-0.4, -0.2) is 36.5 Å². The number of aromatic nitrogens is 5. The van der Waals surface area contributed by atoms with E-state index in [-0.39, 0.29) is 11.9 Å². The average Bonchev–Trinajstić information content (AvgIpc) is 3.07. The molecule has 124 valence electrons. The van der Waals surface area contributed by atoms with Crippen LogP contribution in [-0.2, 0) is 30.7 Å². The molecule has 1 aliphatic rings. The van der Waals surface area contributed by atoms with Crippen molar-refractivity contribution in [2.45, 2.75) is 65.6 Å². The smallest absolute Gasteiger partial charge is 0.222 e. The molecule has 2 aromatic rings. The third kappa shape index (κ3) is 3.43. The summed E-state index contributed by atoms with van der Waals surface area (Å²) in [5.41, 5.74) is 2.08. The van der Waals surface area contributed by atoms with Gasteiger partial charge in [0.2, 0.25) is 5.91 Å². The first-order valence-electron chi connectivity index (χ1n) is 8.28. The second-order valence-electron chi connectivity index (χ2n) is 6.20. The Labute approximate surface area is 136 Å². The lowest BCUT2D eigenvalue weighted by molar-refractivity contribution is -0.122. The fourth-order valence-corrected chi connectivity index (χ4v) is 3.17. The maximum absolute atomic E-state index is 12.2. The predicted octanol–water partition coefficient (Wildman–Crippen LogP) is 1.18. The van der Waals surface area contributed by atoms with E-state index in [0.717, 1.165) is 48.8 Å². The molecule has 1 N–H and O–H groups in total. The predicted molar refractivity (Wildman–Crippen MR) is 86.0 cm³/mol. The normalized spacial score (nSPS) is 17.1. The zero-order valence-corrected chi connectivity index (χ0v) is 14.0. The maximum atomic E-state index is 12.2. The zero-order chi connectivity index (χ0) is 16.4. The molecule has 0 aromatic carbocycles. The van der Waals surface area contributed by atoms with Crippen LogP contribution in [0.1, 0.15) is 42.8 Å². The Morgan fingerprint density at radius 3 is 2.91 bits per heavy atom. The second-order valence-corrected chi connectivity index (χ2v) is 6.20. The van der Waals surface area contributed by atoms with Gasteiger partial charge in [0, 0.05) is 44.1 Å². The summed E-state index contributed by atoms with van der Waals surface area (Å²) < 4.78 is 4.04. The van der Waals surface area contributed by atoms with Crippen molar-refractivity contribution >= 4 is 5.91 Å². The molecular weight excluding hydrogens is 292 g/mol. The van der Waals surface area contributed by atoms with Gasteiger partial charge in [-0.05, 0) is 26.3 Å². The van der Waals surface area contributed by atoms with Crippen LogP contribution in [0, 0.1) is 13.8 Å². The summed E-state index contributed by atoms with van der Waals surface area (Å²) in [6.45, 7) is 7.45. The molecule has 0 saturated carbocycles. The number of fused-ring (bicyclic) bond motifs is 1. The molecule has 1 aliphatic heterocycles. The minimum Gasteiger partial charge on any atom is -0.352 e. The lowest BCUT2D eigenvalue weighted by Gasteiger charge is -2.25. The van der Waals surface area contributed by atoms with Gasteiger partial charge in [-0.1, -0.05) is 6.92 Å². The summed E-state index contributed by atoms with van der Waals surface area (Å²) in [5, 5.41) is 16.0. The Morgan fingerprint density at radius 1 is 1.39 bits per heavy atom. The molecule has 2 aromatic heterocycles. The first-order chi connectivity index (χ1) is 11.1. The van der Waals surface area contributed by atoms with Gasteiger partial charge >= 0.3 is 0 Å². The SMILES string of the molecule is CCc1nnc2n1C[C@H](NC(=O)CCn1nc(C)cc1C)CC2. The van der Waals surface area contributed by atoms with Crippen molar-refractivity contribution in [2.75, 3.05) is 0 Å². The number of amides is 1. The number of carbonyl (C=O) groups excluding carboxylic acids is 1. The van der Waals surface area contributed by atoms with Crippen molar-refractivity contribution in [3.8, 4) is 0 Å². The van der Waals surface area contributed by atoms with E-state index in [2.05, 4.69) is 32.1 Å². The number of hydrogen-bond donors (Lipinski definition) is 1. The van der Waals surface area contributed by atoms with Crippen LogP contribution >= 0.6 is 0 Å². The lowest BCUT2D eigenvalue weighted by Crippen LogP contribution is -2.41. The van der Waals surface area contributed by atoms with E-state index in [4.69, 9.17) is 0 Å². The molecule has 23 heavy (non-hydrogen) atoms. The van der Waals surface area contributed by atoms with Crippen LogP contribution in [0.15, 0.2) is 6.07 Å². The summed E-state index contributed by atoms with van der Waals surface area (Å²) in [7, 11) is 0. The molecule has 0 saturated heterocycles. The molecule has 7 nitrogen and oxygen atoms in total. The molecule has 3 rings (SSSR count). The van der Waals surface area contributed by atoms with E-state index in [1.165, 1.54) is 0 Å². The van der Waals surface area contributed by atoms with Crippen molar-refractivity contribution in [1.29, 1.82) is 0 Å². The monoisotopic (exact) mass is 316 g/mol. The Hall–Kier alpha value is -2.18. The molecule has 3 heterocycles. The van der Waals surface area contributed by atoms with Gasteiger partial charge in [-0.25, -0.2) is 0 Å². The Bertz CT molecular complexity index is 688. The van der Waals surface area contributed by atoms with Gasteiger partial charge in [0.25, 0.3) is 0 Å². The van der Waals surface area contributed by atoms with E-state index in [1.54, 1.807) is 0 Å². The first-order valence-corrected chi connectivity index (χ1v) is 8.28. The Morgan fingerprint density at radius 2 is 2.22 bits per heavy atom. The van der Waals surface area contributed by atoms with Crippen LogP contribution in [0.4, 0.5) is 0 Å². The van der Waals surface area contributed by atoms with Gasteiger partial charge in [-0.3, -0.25) is 9.48 Å². The fraction of sp³-hybridized carbons (Fsp3) is 0.625. The molecule has 0 radical (unpaired) electrons. The zero-order valence-electron chi connectivity index (χ0n) is 14.0. The first kappa shape index (κ1) is 15.7. The van der Waals surface area contributed by atoms with E-state index in [1.807, 2.05) is 24.6 Å². The quantitative estimate of drug-likeness (QED) is 0.898. The molecule has 7 heteroatoms. The summed E-state index contributed by atoms with van der Waals surface area (Å²) in [4.78, 5) is 12.2. The van der Waals surface area contributed by atoms with Crippen molar-refractivity contribution < 1.29 is 4.79 Å². The highest BCUT2D eigenvalue weighted by Gasteiger charge is 2.23. The highest BCUT2D eigenvalue weighted by Crippen LogP contribution is 2.15. The second kappa shape index (κ2) is 6.52. The largest absolute Gasteiger partial charge is 0.352 e. The van der Waals surface area contributed by atoms with Gasteiger partial charge in [-0.2, -0.15) is 5.10 Å². The topological polar surface area (TPSA) is 77.6 Å². The van der Waals surface area contributed by atoms with Crippen LogP contribution in [0.2, 0.25) is 0 Å². The highest BCUT2D eigenvalue weighted by molar-refractivity contribution is 5.76. The lowest BCUT2D eigenvalue weighted by atomic mass is 10.1. The molecule has 1 atom stereocenters. The number of nitrogens with one attached hydrogen (secondary N) is 1. The summed E-state index contributed by atoms with van der Waals surface area (Å²) >= 11 is 0. The third-order valence-electron chi connectivity index (χ3n) is 4.36. The van der Waals surface area contributed by atoms with Crippen molar-refractivity contribution in [3.63, 3.8) is 0 Å². The molecule has 0 unspecified atom stereocenters. The molecule has 0 aliphatic carbocycles. The maximum Gasteiger partial charge on any atom is 0.222 e. The molecule has 0 spiro atoms. The van der Waals surface area contributed by atoms with Crippen molar-refractivity contribution in [3.05, 3.63) is 29.1 Å². The van der Waals surface area contributed by atoms with Gasteiger partial charge in [-0.15, -0.1) is 10.2 Å². The van der Waals surface area contributed by atoms with Crippen molar-refractivity contribution in [2.24, 2.45) is 0 Å². The van der Waals surface area contributed by atoms with Crippen LogP contribution in [0.5, 0.6) is 0 Å². The van der Waals surface area contributed by atoms with Crippen molar-refractivity contribution in [1.82, 2.24) is 29.9 Å². The average molecular weight is 316 g/mol. The van der Waals surface area contributed by atoms with E-state index < -0.39 is 0 Å². The highest BCUT2D eigenvalue weighted by atomic mass is 16.1. The Kier molecular flexibility index (Phi) is 4.45. The van der Waals surface area contributed by atoms with Gasteiger partial charge in [0.05, 0.1) is 5.69 Å². The van der Waals surface area contributed by atoms with E-state index in [0.29, 0.717) is 13.0 Å². The van der Waals surface area contributed by atoms with Gasteiger partial charge in [0.1, 0.15) is 11.6 Å². The van der Waals surface area contributed by atoms with E-state index in [9.17, 15) is 4.79 Å². The minimum atomic E-state index is 0.0807. The summed E-state index contributed by atoms with van der Waals surface area (Å²) in [5.74, 6) is 2.12. The fourth-order valence-electron chi connectivity index (χ4n) is 3.17. The van der Waals surface area contributed by atoms with Crippen LogP contribution in [0.3, 0.4) is 0 Å². The molecule has 0 bridgehead atoms. The third-order valence-corrected chi connectivity index (χ3v) is 4.36. The summed E-state index contributed by atoms with van der Waals surface area (Å²) in [6.07, 6.45) is 3.11. The van der Waals surface area contributed by atoms with Gasteiger partial charge in [0.15, 0.2) is 0 Å². The standard InChI is InChI=1S/C16H24N6O/c1-4-14-18-19-15-6-5-13(10-21(14)15)17-16(23)7-8-22-12(3)9-11(2)20-22/h9,13H,4-8,10H2,1-3H3,(H,17,23)/t13-/m1/s1. The molecule has 0 fully saturated rings. The van der Waals surface area contributed by atoms with Crippen LogP contribution < -0.4 is 5.32 Å². The molecule has 1 amide bonds. The number of nitrogens with zero attached hydrogens (tertiary/aromatic N) is 5. The number of aryl methyl sites for hydroxylation is 5. The Balaban J connectivity index is 1.53.